The Bertz CT molecular complexity index is 260. The summed E-state index contributed by atoms with van der Waals surface area (Å²) in [7, 11) is 0. The molecular weight excluding hydrogens is 196 g/mol. The number of hydrogen-bond donors (Lipinski definition) is 1. The van der Waals surface area contributed by atoms with Crippen LogP contribution in [-0.2, 0) is 11.2 Å². The first-order valence-corrected chi connectivity index (χ1v) is 5.78. The molecule has 0 saturated heterocycles. The monoisotopic (exact) mass is 214 g/mol. The van der Waals surface area contributed by atoms with Crippen LogP contribution in [0.25, 0.3) is 0 Å². The minimum atomic E-state index is 0.641. The first-order chi connectivity index (χ1) is 6.68. The van der Waals surface area contributed by atoms with Gasteiger partial charge in [0.05, 0.1) is 6.61 Å². The summed E-state index contributed by atoms with van der Waals surface area (Å²) in [5, 5.41) is 0.641. The lowest BCUT2D eigenvalue weighted by molar-refractivity contribution is 0.127. The molecule has 14 heavy (non-hydrogen) atoms. The van der Waals surface area contributed by atoms with Crippen LogP contribution in [0.5, 0.6) is 0 Å². The van der Waals surface area contributed by atoms with Crippen LogP contribution in [-0.4, -0.2) is 18.2 Å². The van der Waals surface area contributed by atoms with Gasteiger partial charge in [0.25, 0.3) is 0 Å². The van der Waals surface area contributed by atoms with Crippen molar-refractivity contribution in [1.29, 1.82) is 0 Å². The Morgan fingerprint density at radius 1 is 1.50 bits per heavy atom. The second-order valence-electron chi connectivity index (χ2n) is 3.71. The summed E-state index contributed by atoms with van der Waals surface area (Å²) in [5.74, 6) is 0.717. The molecule has 0 aromatic carbocycles. The Balaban J connectivity index is 2.04. The molecule has 0 amide bonds. The fourth-order valence-corrected chi connectivity index (χ4v) is 1.70. The number of nitrogen functional groups attached to an aromatic ring is 1. The van der Waals surface area contributed by atoms with Crippen molar-refractivity contribution < 1.29 is 4.74 Å². The van der Waals surface area contributed by atoms with Crippen LogP contribution in [0.3, 0.4) is 0 Å². The SMILES string of the molecule is CC(C)CCOCCc1cnc(N)s1. The van der Waals surface area contributed by atoms with Crippen LogP contribution in [0, 0.1) is 5.92 Å². The molecule has 1 aromatic heterocycles. The average Bonchev–Trinajstić information content (AvgIpc) is 2.50. The highest BCUT2D eigenvalue weighted by Crippen LogP contribution is 2.14. The van der Waals surface area contributed by atoms with Crippen LogP contribution in [0.4, 0.5) is 5.13 Å². The Morgan fingerprint density at radius 3 is 2.86 bits per heavy atom. The van der Waals surface area contributed by atoms with Gasteiger partial charge in [0.1, 0.15) is 0 Å². The van der Waals surface area contributed by atoms with E-state index in [9.17, 15) is 0 Å². The van der Waals surface area contributed by atoms with Crippen LogP contribution in [0.15, 0.2) is 6.20 Å². The zero-order valence-electron chi connectivity index (χ0n) is 8.82. The maximum atomic E-state index is 5.52. The molecule has 0 radical (unpaired) electrons. The van der Waals surface area contributed by atoms with Gasteiger partial charge in [-0.05, 0) is 12.3 Å². The standard InChI is InChI=1S/C10H18N2OS/c1-8(2)3-5-13-6-4-9-7-12-10(11)14-9/h7-8H,3-6H2,1-2H3,(H2,11,12). The summed E-state index contributed by atoms with van der Waals surface area (Å²) in [6.07, 6.45) is 3.88. The van der Waals surface area contributed by atoms with Gasteiger partial charge in [-0.15, -0.1) is 11.3 Å². The molecule has 3 nitrogen and oxygen atoms in total. The number of aromatic nitrogens is 1. The van der Waals surface area contributed by atoms with Gasteiger partial charge in [0.2, 0.25) is 0 Å². The molecule has 1 aromatic rings. The fraction of sp³-hybridized carbons (Fsp3) is 0.700. The molecule has 0 aliphatic carbocycles. The summed E-state index contributed by atoms with van der Waals surface area (Å²) < 4.78 is 5.50. The van der Waals surface area contributed by atoms with Gasteiger partial charge in [-0.2, -0.15) is 0 Å². The van der Waals surface area contributed by atoms with Crippen molar-refractivity contribution in [3.8, 4) is 0 Å². The van der Waals surface area contributed by atoms with Gasteiger partial charge in [-0.1, -0.05) is 13.8 Å². The molecule has 80 valence electrons. The van der Waals surface area contributed by atoms with Crippen molar-refractivity contribution in [1.82, 2.24) is 4.98 Å². The minimum absolute atomic E-state index is 0.641. The van der Waals surface area contributed by atoms with Crippen molar-refractivity contribution in [3.63, 3.8) is 0 Å². The van der Waals surface area contributed by atoms with Crippen molar-refractivity contribution in [2.45, 2.75) is 26.7 Å². The predicted octanol–water partition coefficient (Wildman–Crippen LogP) is 2.33. The lowest BCUT2D eigenvalue weighted by Crippen LogP contribution is -2.02. The first-order valence-electron chi connectivity index (χ1n) is 4.96. The number of nitrogens with two attached hydrogens (primary N) is 1. The van der Waals surface area contributed by atoms with Gasteiger partial charge in [-0.25, -0.2) is 4.98 Å². The van der Waals surface area contributed by atoms with E-state index in [1.54, 1.807) is 0 Å². The summed E-state index contributed by atoms with van der Waals surface area (Å²) in [6.45, 7) is 6.03. The van der Waals surface area contributed by atoms with E-state index in [-0.39, 0.29) is 0 Å². The molecule has 1 rings (SSSR count). The Hall–Kier alpha value is -0.610. The van der Waals surface area contributed by atoms with Crippen LogP contribution in [0.1, 0.15) is 25.1 Å². The highest BCUT2D eigenvalue weighted by atomic mass is 32.1. The second kappa shape index (κ2) is 5.98. The lowest BCUT2D eigenvalue weighted by atomic mass is 10.1. The molecule has 0 aliphatic rings. The third-order valence-electron chi connectivity index (χ3n) is 1.90. The maximum Gasteiger partial charge on any atom is 0.180 e. The lowest BCUT2D eigenvalue weighted by Gasteiger charge is -2.04. The third kappa shape index (κ3) is 4.58. The quantitative estimate of drug-likeness (QED) is 0.739. The summed E-state index contributed by atoms with van der Waals surface area (Å²) in [6, 6.07) is 0. The van der Waals surface area contributed by atoms with Gasteiger partial charge in [-0.3, -0.25) is 0 Å². The van der Waals surface area contributed by atoms with E-state index in [2.05, 4.69) is 18.8 Å². The maximum absolute atomic E-state index is 5.52. The Labute approximate surface area is 89.3 Å². The van der Waals surface area contributed by atoms with Crippen molar-refractivity contribution in [2.24, 2.45) is 5.92 Å². The summed E-state index contributed by atoms with van der Waals surface area (Å²) >= 11 is 1.54. The van der Waals surface area contributed by atoms with Gasteiger partial charge < -0.3 is 10.5 Å². The van der Waals surface area contributed by atoms with E-state index < -0.39 is 0 Å². The zero-order valence-corrected chi connectivity index (χ0v) is 9.64. The predicted molar refractivity (Wildman–Crippen MR) is 60.5 cm³/mol. The Morgan fingerprint density at radius 2 is 2.29 bits per heavy atom. The normalized spacial score (nSPS) is 11.1. The van der Waals surface area contributed by atoms with Gasteiger partial charge >= 0.3 is 0 Å². The summed E-state index contributed by atoms with van der Waals surface area (Å²) in [4.78, 5) is 5.19. The first kappa shape index (κ1) is 11.5. The number of thiazole rings is 1. The van der Waals surface area contributed by atoms with E-state index in [0.29, 0.717) is 11.0 Å². The molecule has 0 unspecified atom stereocenters. The third-order valence-corrected chi connectivity index (χ3v) is 2.79. The molecule has 4 heteroatoms. The highest BCUT2D eigenvalue weighted by molar-refractivity contribution is 7.15. The molecule has 0 atom stereocenters. The molecule has 0 spiro atoms. The van der Waals surface area contributed by atoms with Crippen LogP contribution in [0.2, 0.25) is 0 Å². The molecule has 0 fully saturated rings. The molecule has 2 N–H and O–H groups in total. The smallest absolute Gasteiger partial charge is 0.180 e. The van der Waals surface area contributed by atoms with E-state index in [4.69, 9.17) is 10.5 Å². The number of ether oxygens (including phenoxy) is 1. The van der Waals surface area contributed by atoms with E-state index in [0.717, 1.165) is 26.1 Å². The fourth-order valence-electron chi connectivity index (χ4n) is 1.03. The Kier molecular flexibility index (Phi) is 4.90. The van der Waals surface area contributed by atoms with E-state index >= 15 is 0 Å². The minimum Gasteiger partial charge on any atom is -0.381 e. The molecule has 0 saturated carbocycles. The highest BCUT2D eigenvalue weighted by Gasteiger charge is 1.99. The van der Waals surface area contributed by atoms with Crippen molar-refractivity contribution >= 4 is 16.5 Å². The van der Waals surface area contributed by atoms with Crippen LogP contribution >= 0.6 is 11.3 Å². The second-order valence-corrected chi connectivity index (χ2v) is 4.86. The zero-order chi connectivity index (χ0) is 10.4. The van der Waals surface area contributed by atoms with Crippen molar-refractivity contribution in [3.05, 3.63) is 11.1 Å². The van der Waals surface area contributed by atoms with Crippen LogP contribution < -0.4 is 5.73 Å². The van der Waals surface area contributed by atoms with Gasteiger partial charge in [0.15, 0.2) is 5.13 Å². The number of rotatable bonds is 6. The van der Waals surface area contributed by atoms with E-state index in [1.165, 1.54) is 16.2 Å². The van der Waals surface area contributed by atoms with Gasteiger partial charge in [0, 0.05) is 24.1 Å². The number of anilines is 1. The number of hydrogen-bond acceptors (Lipinski definition) is 4. The molecule has 1 heterocycles. The molecular formula is C10H18N2OS. The van der Waals surface area contributed by atoms with E-state index in [1.807, 2.05) is 6.20 Å². The topological polar surface area (TPSA) is 48.1 Å². The average molecular weight is 214 g/mol. The molecule has 0 aliphatic heterocycles. The largest absolute Gasteiger partial charge is 0.381 e. The summed E-state index contributed by atoms with van der Waals surface area (Å²) in [5.41, 5.74) is 5.52. The number of nitrogens with zero attached hydrogens (tertiary/aromatic N) is 1. The van der Waals surface area contributed by atoms with Crippen molar-refractivity contribution in [2.75, 3.05) is 18.9 Å². The molecule has 0 bridgehead atoms.